The van der Waals surface area contributed by atoms with Gasteiger partial charge in [-0.15, -0.1) is 0 Å². The van der Waals surface area contributed by atoms with Crippen molar-refractivity contribution < 1.29 is 17.9 Å². The first kappa shape index (κ1) is 16.6. The molecule has 6 nitrogen and oxygen atoms in total. The Morgan fingerprint density at radius 2 is 1.92 bits per heavy atom. The standard InChI is InChI=1S/C16H15ClN2O4S/c17-14-11-12(18-16(20)23-13-5-2-1-3-6-13)7-8-15(14)19-9-4-10-24(19,21)22/h1-3,5-8,11H,4,9-10H2,(H,18,20). The van der Waals surface area contributed by atoms with Crippen LogP contribution in [0, 0.1) is 0 Å². The van der Waals surface area contributed by atoms with E-state index in [0.717, 1.165) is 0 Å². The first-order chi connectivity index (χ1) is 11.5. The number of para-hydroxylation sites is 1. The summed E-state index contributed by atoms with van der Waals surface area (Å²) in [5.41, 5.74) is 0.831. The van der Waals surface area contributed by atoms with E-state index in [2.05, 4.69) is 5.32 Å². The molecule has 1 aliphatic rings. The van der Waals surface area contributed by atoms with Gasteiger partial charge in [-0.05, 0) is 36.8 Å². The summed E-state index contributed by atoms with van der Waals surface area (Å²) in [5, 5.41) is 2.80. The van der Waals surface area contributed by atoms with Gasteiger partial charge in [0.1, 0.15) is 5.75 Å². The van der Waals surface area contributed by atoms with E-state index in [9.17, 15) is 13.2 Å². The molecule has 1 heterocycles. The number of hydrogen-bond acceptors (Lipinski definition) is 4. The van der Waals surface area contributed by atoms with E-state index in [4.69, 9.17) is 16.3 Å². The van der Waals surface area contributed by atoms with Crippen molar-refractivity contribution in [2.45, 2.75) is 6.42 Å². The lowest BCUT2D eigenvalue weighted by Gasteiger charge is -2.19. The minimum atomic E-state index is -3.30. The molecule has 1 aliphatic heterocycles. The van der Waals surface area contributed by atoms with Crippen molar-refractivity contribution >= 4 is 39.1 Å². The van der Waals surface area contributed by atoms with Gasteiger partial charge in [-0.25, -0.2) is 13.2 Å². The molecule has 1 saturated heterocycles. The maximum Gasteiger partial charge on any atom is 0.417 e. The van der Waals surface area contributed by atoms with Crippen LogP contribution >= 0.6 is 11.6 Å². The number of sulfonamides is 1. The second-order valence-corrected chi connectivity index (χ2v) is 7.66. The predicted octanol–water partition coefficient (Wildman–Crippen LogP) is 3.49. The van der Waals surface area contributed by atoms with Gasteiger partial charge < -0.3 is 4.74 Å². The lowest BCUT2D eigenvalue weighted by atomic mass is 10.2. The number of nitrogens with one attached hydrogen (secondary N) is 1. The third-order valence-electron chi connectivity index (χ3n) is 3.52. The normalized spacial score (nSPS) is 16.0. The third kappa shape index (κ3) is 3.63. The monoisotopic (exact) mass is 366 g/mol. The molecule has 1 fully saturated rings. The average molecular weight is 367 g/mol. The smallest absolute Gasteiger partial charge is 0.410 e. The zero-order valence-corrected chi connectivity index (χ0v) is 14.2. The largest absolute Gasteiger partial charge is 0.417 e. The summed E-state index contributed by atoms with van der Waals surface area (Å²) in [6, 6.07) is 13.3. The van der Waals surface area contributed by atoms with Gasteiger partial charge in [0, 0.05) is 12.2 Å². The first-order valence-electron chi connectivity index (χ1n) is 7.29. The second-order valence-electron chi connectivity index (χ2n) is 5.24. The lowest BCUT2D eigenvalue weighted by Crippen LogP contribution is -2.25. The number of ether oxygens (including phenoxy) is 1. The quantitative estimate of drug-likeness (QED) is 0.902. The molecule has 1 N–H and O–H groups in total. The summed E-state index contributed by atoms with van der Waals surface area (Å²) in [7, 11) is -3.30. The van der Waals surface area contributed by atoms with Crippen molar-refractivity contribution in [3.8, 4) is 5.75 Å². The molecular weight excluding hydrogens is 352 g/mol. The zero-order chi connectivity index (χ0) is 17.2. The van der Waals surface area contributed by atoms with Gasteiger partial charge in [0.15, 0.2) is 0 Å². The number of amides is 1. The van der Waals surface area contributed by atoms with E-state index in [1.54, 1.807) is 36.4 Å². The minimum Gasteiger partial charge on any atom is -0.410 e. The second kappa shape index (κ2) is 6.70. The van der Waals surface area contributed by atoms with E-state index in [0.29, 0.717) is 30.1 Å². The fourth-order valence-corrected chi connectivity index (χ4v) is 4.35. The minimum absolute atomic E-state index is 0.118. The van der Waals surface area contributed by atoms with E-state index in [-0.39, 0.29) is 10.8 Å². The fourth-order valence-electron chi connectivity index (χ4n) is 2.44. The van der Waals surface area contributed by atoms with E-state index < -0.39 is 16.1 Å². The molecule has 2 aromatic rings. The van der Waals surface area contributed by atoms with Gasteiger partial charge in [-0.1, -0.05) is 29.8 Å². The number of anilines is 2. The Morgan fingerprint density at radius 1 is 1.17 bits per heavy atom. The molecule has 0 atom stereocenters. The maximum atomic E-state index is 12.0. The Balaban J connectivity index is 1.72. The van der Waals surface area contributed by atoms with Crippen LogP contribution in [-0.2, 0) is 10.0 Å². The highest BCUT2D eigenvalue weighted by Crippen LogP contribution is 2.33. The number of halogens is 1. The molecule has 0 bridgehead atoms. The molecule has 0 unspecified atom stereocenters. The maximum absolute atomic E-state index is 12.0. The Labute approximate surface area is 145 Å². The van der Waals surface area contributed by atoms with Crippen LogP contribution in [0.1, 0.15) is 6.42 Å². The number of rotatable bonds is 3. The summed E-state index contributed by atoms with van der Waals surface area (Å²) in [6.45, 7) is 0.408. The van der Waals surface area contributed by atoms with E-state index in [1.807, 2.05) is 6.07 Å². The number of carbonyl (C=O) groups excluding carboxylic acids is 1. The van der Waals surface area contributed by atoms with Crippen LogP contribution in [0.25, 0.3) is 0 Å². The predicted molar refractivity (Wildman–Crippen MR) is 93.3 cm³/mol. The summed E-state index contributed by atoms with van der Waals surface area (Å²) in [5.74, 6) is 0.535. The van der Waals surface area contributed by atoms with Crippen molar-refractivity contribution in [1.29, 1.82) is 0 Å². The molecule has 0 aromatic heterocycles. The summed E-state index contributed by atoms with van der Waals surface area (Å²) >= 11 is 6.18. The number of nitrogens with zero attached hydrogens (tertiary/aromatic N) is 1. The van der Waals surface area contributed by atoms with Crippen molar-refractivity contribution in [3.05, 3.63) is 53.6 Å². The molecule has 1 amide bonds. The molecule has 0 spiro atoms. The molecular formula is C16H15ClN2O4S. The number of hydrogen-bond donors (Lipinski definition) is 1. The summed E-state index contributed by atoms with van der Waals surface area (Å²) < 4.78 is 30.3. The van der Waals surface area contributed by atoms with Gasteiger partial charge in [0.25, 0.3) is 0 Å². The zero-order valence-electron chi connectivity index (χ0n) is 12.6. The van der Waals surface area contributed by atoms with Gasteiger partial charge >= 0.3 is 6.09 Å². The molecule has 8 heteroatoms. The Bertz CT molecular complexity index is 856. The van der Waals surface area contributed by atoms with Crippen molar-refractivity contribution in [2.24, 2.45) is 0 Å². The summed E-state index contributed by atoms with van der Waals surface area (Å²) in [6.07, 6.45) is -0.0824. The Morgan fingerprint density at radius 3 is 2.54 bits per heavy atom. The van der Waals surface area contributed by atoms with Gasteiger partial charge in [0.05, 0.1) is 16.5 Å². The van der Waals surface area contributed by atoms with E-state index in [1.165, 1.54) is 10.4 Å². The van der Waals surface area contributed by atoms with Crippen LogP contribution in [0.3, 0.4) is 0 Å². The Kier molecular flexibility index (Phi) is 4.64. The van der Waals surface area contributed by atoms with Gasteiger partial charge in [0.2, 0.25) is 10.0 Å². The summed E-state index contributed by atoms with van der Waals surface area (Å²) in [4.78, 5) is 11.9. The molecule has 0 saturated carbocycles. The lowest BCUT2D eigenvalue weighted by molar-refractivity contribution is 0.215. The van der Waals surface area contributed by atoms with Crippen LogP contribution in [-0.4, -0.2) is 26.8 Å². The van der Waals surface area contributed by atoms with Crippen molar-refractivity contribution in [3.63, 3.8) is 0 Å². The van der Waals surface area contributed by atoms with Crippen molar-refractivity contribution in [1.82, 2.24) is 0 Å². The highest BCUT2D eigenvalue weighted by Gasteiger charge is 2.29. The number of benzene rings is 2. The average Bonchev–Trinajstić information content (AvgIpc) is 2.87. The molecule has 24 heavy (non-hydrogen) atoms. The molecule has 0 radical (unpaired) electrons. The van der Waals surface area contributed by atoms with Crippen LogP contribution in [0.4, 0.5) is 16.2 Å². The third-order valence-corrected chi connectivity index (χ3v) is 5.67. The molecule has 2 aromatic carbocycles. The van der Waals surface area contributed by atoms with E-state index >= 15 is 0 Å². The Hall–Kier alpha value is -2.25. The molecule has 3 rings (SSSR count). The highest BCUT2D eigenvalue weighted by molar-refractivity contribution is 7.93. The first-order valence-corrected chi connectivity index (χ1v) is 9.28. The van der Waals surface area contributed by atoms with Gasteiger partial charge in [-0.3, -0.25) is 9.62 Å². The molecule has 126 valence electrons. The van der Waals surface area contributed by atoms with Crippen LogP contribution in [0.5, 0.6) is 5.75 Å². The van der Waals surface area contributed by atoms with Gasteiger partial charge in [-0.2, -0.15) is 0 Å². The molecule has 0 aliphatic carbocycles. The SMILES string of the molecule is O=C(Nc1ccc(N2CCCS2(=O)=O)c(Cl)c1)Oc1ccccc1. The number of carbonyl (C=O) groups is 1. The fraction of sp³-hybridized carbons (Fsp3) is 0.188. The van der Waals surface area contributed by atoms with Crippen LogP contribution in [0.15, 0.2) is 48.5 Å². The highest BCUT2D eigenvalue weighted by atomic mass is 35.5. The van der Waals surface area contributed by atoms with Crippen molar-refractivity contribution in [2.75, 3.05) is 21.9 Å². The van der Waals surface area contributed by atoms with Crippen LogP contribution < -0.4 is 14.4 Å². The topological polar surface area (TPSA) is 75.7 Å². The van der Waals surface area contributed by atoms with Crippen LogP contribution in [0.2, 0.25) is 5.02 Å².